The number of hydrogen-bond donors (Lipinski definition) is 2. The van der Waals surface area contributed by atoms with Gasteiger partial charge in [0.1, 0.15) is 5.75 Å². The van der Waals surface area contributed by atoms with E-state index >= 15 is 0 Å². The van der Waals surface area contributed by atoms with E-state index in [1.54, 1.807) is 16.8 Å². The molecule has 0 amide bonds. The first-order valence-corrected chi connectivity index (χ1v) is 10.3. The normalized spacial score (nSPS) is 11.2. The van der Waals surface area contributed by atoms with Gasteiger partial charge in [0.25, 0.3) is 11.1 Å². The zero-order chi connectivity index (χ0) is 22.9. The van der Waals surface area contributed by atoms with Gasteiger partial charge in [0.2, 0.25) is 5.82 Å². The van der Waals surface area contributed by atoms with Crippen LogP contribution in [0.1, 0.15) is 38.8 Å². The molecule has 0 saturated heterocycles. The van der Waals surface area contributed by atoms with E-state index in [0.717, 1.165) is 11.1 Å². The molecule has 0 aliphatic carbocycles. The van der Waals surface area contributed by atoms with Crippen LogP contribution in [-0.2, 0) is 6.42 Å². The topological polar surface area (TPSA) is 125 Å². The van der Waals surface area contributed by atoms with Crippen LogP contribution in [0.4, 0.5) is 5.82 Å². The summed E-state index contributed by atoms with van der Waals surface area (Å²) in [7, 11) is 0. The predicted octanol–water partition coefficient (Wildman–Crippen LogP) is 3.30. The Morgan fingerprint density at radius 2 is 1.81 bits per heavy atom. The van der Waals surface area contributed by atoms with Gasteiger partial charge in [-0.15, -0.1) is 5.10 Å². The molecule has 0 unspecified atom stereocenters. The lowest BCUT2D eigenvalue weighted by Crippen LogP contribution is -2.33. The van der Waals surface area contributed by atoms with Gasteiger partial charge in [0.05, 0.1) is 21.9 Å². The van der Waals surface area contributed by atoms with Crippen LogP contribution in [0.15, 0.2) is 38.8 Å². The van der Waals surface area contributed by atoms with Gasteiger partial charge < -0.3 is 15.0 Å². The second kappa shape index (κ2) is 8.99. The summed E-state index contributed by atoms with van der Waals surface area (Å²) in [6.07, 6.45) is 3.00. The molecule has 0 spiro atoms. The Morgan fingerprint density at radius 3 is 2.39 bits per heavy atom. The number of halogens is 2. The van der Waals surface area contributed by atoms with Crippen LogP contribution in [0.2, 0.25) is 10.0 Å². The van der Waals surface area contributed by atoms with Crippen LogP contribution in [0.25, 0.3) is 5.69 Å². The molecule has 0 aliphatic heterocycles. The molecule has 9 nitrogen and oxygen atoms in total. The number of benzene rings is 1. The largest absolute Gasteiger partial charge is 0.453 e. The fourth-order valence-electron chi connectivity index (χ4n) is 2.99. The second-order valence-electron chi connectivity index (χ2n) is 7.15. The van der Waals surface area contributed by atoms with Crippen LogP contribution in [0, 0.1) is 0 Å². The summed E-state index contributed by atoms with van der Waals surface area (Å²) in [5, 5.41) is 3.95. The van der Waals surface area contributed by atoms with Crippen molar-refractivity contribution in [3.8, 4) is 17.2 Å². The summed E-state index contributed by atoms with van der Waals surface area (Å²) in [4.78, 5) is 38.2. The first kappa shape index (κ1) is 22.6. The summed E-state index contributed by atoms with van der Waals surface area (Å²) in [5.74, 6) is 0.164. The number of hydrogen-bond acceptors (Lipinski definition) is 6. The van der Waals surface area contributed by atoms with Gasteiger partial charge in [-0.3, -0.25) is 14.6 Å². The molecule has 3 rings (SSSR count). The van der Waals surface area contributed by atoms with Crippen molar-refractivity contribution >= 4 is 29.0 Å². The van der Waals surface area contributed by atoms with Gasteiger partial charge in [-0.1, -0.05) is 36.5 Å². The fourth-order valence-corrected chi connectivity index (χ4v) is 3.54. The van der Waals surface area contributed by atoms with E-state index in [1.807, 2.05) is 20.8 Å². The van der Waals surface area contributed by atoms with Crippen LogP contribution in [-0.4, -0.2) is 19.3 Å². The van der Waals surface area contributed by atoms with Gasteiger partial charge >= 0.3 is 5.69 Å². The maximum Gasteiger partial charge on any atom is 0.349 e. The number of aromatic amines is 1. The third-order valence-corrected chi connectivity index (χ3v) is 5.03. The zero-order valence-electron chi connectivity index (χ0n) is 17.1. The van der Waals surface area contributed by atoms with Crippen molar-refractivity contribution in [2.75, 3.05) is 5.73 Å². The Morgan fingerprint density at radius 1 is 1.16 bits per heavy atom. The quantitative estimate of drug-likeness (QED) is 0.575. The Kier molecular flexibility index (Phi) is 6.56. The highest BCUT2D eigenvalue weighted by molar-refractivity contribution is 6.37. The van der Waals surface area contributed by atoms with Crippen molar-refractivity contribution < 1.29 is 4.74 Å². The monoisotopic (exact) mass is 465 g/mol. The number of anilines is 1. The summed E-state index contributed by atoms with van der Waals surface area (Å²) < 4.78 is 8.38. The first-order chi connectivity index (χ1) is 14.6. The van der Waals surface area contributed by atoms with E-state index in [1.165, 1.54) is 12.1 Å². The molecule has 0 atom stereocenters. The third kappa shape index (κ3) is 4.67. The third-order valence-electron chi connectivity index (χ3n) is 4.47. The number of nitrogens with one attached hydrogen (secondary N) is 1. The van der Waals surface area contributed by atoms with Gasteiger partial charge in [0.15, 0.2) is 5.75 Å². The number of H-pyrrole nitrogens is 1. The molecule has 164 valence electrons. The Bertz CT molecular complexity index is 1290. The van der Waals surface area contributed by atoms with E-state index in [0.29, 0.717) is 17.7 Å². The molecule has 1 aromatic carbocycles. The van der Waals surface area contributed by atoms with Crippen LogP contribution in [0.3, 0.4) is 0 Å². The summed E-state index contributed by atoms with van der Waals surface area (Å²) in [6, 6.07) is 4.41. The summed E-state index contributed by atoms with van der Waals surface area (Å²) in [5.41, 5.74) is 4.64. The van der Waals surface area contributed by atoms with Crippen molar-refractivity contribution in [2.45, 2.75) is 39.7 Å². The molecule has 2 heterocycles. The number of aromatic nitrogens is 4. The van der Waals surface area contributed by atoms with Gasteiger partial charge in [-0.25, -0.2) is 4.79 Å². The van der Waals surface area contributed by atoms with Crippen LogP contribution < -0.4 is 27.3 Å². The average molecular weight is 466 g/mol. The molecule has 0 aliphatic rings. The number of ether oxygens (including phenoxy) is 1. The summed E-state index contributed by atoms with van der Waals surface area (Å²) >= 11 is 12.7. The molecule has 0 saturated carbocycles. The number of nitrogens with two attached hydrogens (primary N) is 1. The molecule has 31 heavy (non-hydrogen) atoms. The average Bonchev–Trinajstić information content (AvgIpc) is 2.69. The maximum atomic E-state index is 12.6. The smallest absolute Gasteiger partial charge is 0.349 e. The number of rotatable bonds is 6. The van der Waals surface area contributed by atoms with Crippen LogP contribution >= 0.6 is 23.2 Å². The Hall–Kier alpha value is -3.04. The van der Waals surface area contributed by atoms with Crippen LogP contribution in [0.5, 0.6) is 11.5 Å². The lowest BCUT2D eigenvalue weighted by atomic mass is 10.1. The first-order valence-electron chi connectivity index (χ1n) is 9.53. The van der Waals surface area contributed by atoms with Crippen molar-refractivity contribution in [2.24, 2.45) is 0 Å². The number of nitrogen functional groups attached to an aromatic ring is 1. The lowest BCUT2D eigenvalue weighted by Gasteiger charge is -2.16. The molecule has 0 radical (unpaired) electrons. The minimum Gasteiger partial charge on any atom is -0.453 e. The van der Waals surface area contributed by atoms with Crippen molar-refractivity contribution in [3.63, 3.8) is 0 Å². The highest BCUT2D eigenvalue weighted by Gasteiger charge is 2.16. The zero-order valence-corrected chi connectivity index (χ0v) is 18.6. The number of pyridine rings is 1. The summed E-state index contributed by atoms with van der Waals surface area (Å²) in [6.45, 7) is 5.78. The predicted molar refractivity (Wildman–Crippen MR) is 120 cm³/mol. The van der Waals surface area contributed by atoms with Gasteiger partial charge in [0, 0.05) is 11.6 Å². The van der Waals surface area contributed by atoms with Crippen molar-refractivity contribution in [3.05, 3.63) is 71.2 Å². The maximum absolute atomic E-state index is 12.6. The van der Waals surface area contributed by atoms with E-state index in [9.17, 15) is 14.4 Å². The molecule has 0 fully saturated rings. The Labute approximate surface area is 187 Å². The molecular weight excluding hydrogens is 445 g/mol. The van der Waals surface area contributed by atoms with E-state index in [2.05, 4.69) is 10.1 Å². The molecule has 2 aromatic heterocycles. The minimum absolute atomic E-state index is 0.0661. The highest BCUT2D eigenvalue weighted by Crippen LogP contribution is 2.38. The van der Waals surface area contributed by atoms with E-state index in [4.69, 9.17) is 33.7 Å². The number of nitrogens with zero attached hydrogens (tertiary/aromatic N) is 3. The second-order valence-corrected chi connectivity index (χ2v) is 7.97. The van der Waals surface area contributed by atoms with Crippen molar-refractivity contribution in [1.29, 1.82) is 0 Å². The SMILES string of the molecule is CCCc1cc(Oc2c(Cl)cc(-n3nc(N)c(=O)[nH]c3=O)cc2Cl)cn(C(C)C)c1=O. The number of aryl methyl sites for hydroxylation is 1. The molecule has 3 N–H and O–H groups in total. The molecule has 3 aromatic rings. The molecular formula is C20H21Cl2N5O4. The highest BCUT2D eigenvalue weighted by atomic mass is 35.5. The van der Waals surface area contributed by atoms with Crippen molar-refractivity contribution in [1.82, 2.24) is 19.3 Å². The van der Waals surface area contributed by atoms with E-state index < -0.39 is 11.2 Å². The standard InChI is InChI=1S/C20H21Cl2N5O4/c1-4-5-11-6-13(9-26(10(2)3)19(11)29)31-16-14(21)7-12(8-15(16)22)27-20(30)24-18(28)17(23)25-27/h6-10H,4-5H2,1-3H3,(H2,23,25)(H,24,28,30). The van der Waals surface area contributed by atoms with E-state index in [-0.39, 0.29) is 38.9 Å². The Balaban J connectivity index is 2.06. The minimum atomic E-state index is -0.798. The lowest BCUT2D eigenvalue weighted by molar-refractivity contribution is 0.463. The van der Waals surface area contributed by atoms with Gasteiger partial charge in [-0.05, 0) is 38.5 Å². The fraction of sp³-hybridized carbons (Fsp3) is 0.300. The molecule has 0 bridgehead atoms. The van der Waals surface area contributed by atoms with Gasteiger partial charge in [-0.2, -0.15) is 4.68 Å². The molecule has 11 heteroatoms.